The van der Waals surface area contributed by atoms with Gasteiger partial charge in [-0.3, -0.25) is 9.69 Å². The second-order valence-corrected chi connectivity index (χ2v) is 7.19. The number of rotatable bonds is 5. The molecule has 0 radical (unpaired) electrons. The van der Waals surface area contributed by atoms with Gasteiger partial charge in [0.05, 0.1) is 10.0 Å². The summed E-state index contributed by atoms with van der Waals surface area (Å²) in [6, 6.07) is 5.34. The lowest BCUT2D eigenvalue weighted by Gasteiger charge is -2.26. The summed E-state index contributed by atoms with van der Waals surface area (Å²) < 4.78 is 0. The summed E-state index contributed by atoms with van der Waals surface area (Å²) in [6.45, 7) is 5.54. The number of thiazole rings is 1. The molecule has 0 unspecified atom stereocenters. The smallest absolute Gasteiger partial charge is 0.270 e. The van der Waals surface area contributed by atoms with Crippen molar-refractivity contribution in [3.05, 3.63) is 39.3 Å². The Morgan fingerprint density at radius 3 is 2.76 bits per heavy atom. The minimum Gasteiger partial charge on any atom is -0.349 e. The third-order valence-corrected chi connectivity index (χ3v) is 5.46. The molecule has 2 aromatic rings. The first-order valence-corrected chi connectivity index (χ1v) is 9.39. The molecule has 1 saturated heterocycles. The second kappa shape index (κ2) is 9.71. The van der Waals surface area contributed by atoms with E-state index in [-0.39, 0.29) is 18.3 Å². The number of amides is 1. The lowest BCUT2D eigenvalue weighted by atomic mass is 10.2. The van der Waals surface area contributed by atoms with E-state index in [0.29, 0.717) is 22.3 Å². The standard InChI is InChI=1S/C16H18Cl2N4OS.ClH/c17-12-2-1-11(9-13(12)18)16-21-14(10-24-16)15(23)20-5-8-22-6-3-19-4-7-22;/h1-2,9-10,19H,3-8H2,(H,20,23);1H. The molecule has 0 spiro atoms. The van der Waals surface area contributed by atoms with Crippen molar-refractivity contribution >= 4 is 52.9 Å². The highest BCUT2D eigenvalue weighted by Gasteiger charge is 2.14. The van der Waals surface area contributed by atoms with Gasteiger partial charge < -0.3 is 10.6 Å². The first kappa shape index (κ1) is 20.4. The van der Waals surface area contributed by atoms with E-state index >= 15 is 0 Å². The minimum absolute atomic E-state index is 0. The van der Waals surface area contributed by atoms with Gasteiger partial charge in [-0.1, -0.05) is 29.3 Å². The van der Waals surface area contributed by atoms with Crippen LogP contribution in [0.5, 0.6) is 0 Å². The van der Waals surface area contributed by atoms with Crippen LogP contribution in [0.4, 0.5) is 0 Å². The Morgan fingerprint density at radius 2 is 2.04 bits per heavy atom. The van der Waals surface area contributed by atoms with Crippen LogP contribution in [0.15, 0.2) is 23.6 Å². The average Bonchev–Trinajstić information content (AvgIpc) is 3.08. The van der Waals surface area contributed by atoms with E-state index in [0.717, 1.165) is 43.3 Å². The van der Waals surface area contributed by atoms with Crippen LogP contribution in [-0.2, 0) is 0 Å². The normalized spacial score (nSPS) is 14.8. The van der Waals surface area contributed by atoms with Crippen LogP contribution in [0.1, 0.15) is 10.5 Å². The quantitative estimate of drug-likeness (QED) is 0.778. The van der Waals surface area contributed by atoms with Gasteiger partial charge in [-0.25, -0.2) is 4.98 Å². The maximum Gasteiger partial charge on any atom is 0.270 e. The third-order valence-electron chi connectivity index (χ3n) is 3.83. The first-order chi connectivity index (χ1) is 11.6. The molecule has 1 aliphatic rings. The second-order valence-electron chi connectivity index (χ2n) is 5.51. The zero-order chi connectivity index (χ0) is 16.9. The van der Waals surface area contributed by atoms with E-state index in [1.54, 1.807) is 17.5 Å². The van der Waals surface area contributed by atoms with Gasteiger partial charge >= 0.3 is 0 Å². The number of nitrogens with zero attached hydrogens (tertiary/aromatic N) is 2. The molecule has 0 bridgehead atoms. The Bertz CT molecular complexity index is 719. The highest BCUT2D eigenvalue weighted by Crippen LogP contribution is 2.30. The molecule has 0 saturated carbocycles. The molecule has 0 atom stereocenters. The van der Waals surface area contributed by atoms with E-state index in [4.69, 9.17) is 23.2 Å². The zero-order valence-corrected chi connectivity index (χ0v) is 16.6. The van der Waals surface area contributed by atoms with Gasteiger partial charge in [0.2, 0.25) is 0 Å². The van der Waals surface area contributed by atoms with Crippen LogP contribution in [0.25, 0.3) is 10.6 Å². The summed E-state index contributed by atoms with van der Waals surface area (Å²) in [5.74, 6) is -0.146. The monoisotopic (exact) mass is 420 g/mol. The topological polar surface area (TPSA) is 57.3 Å². The number of carbonyl (C=O) groups excluding carboxylic acids is 1. The Hall–Kier alpha value is -0.890. The molecule has 1 amide bonds. The van der Waals surface area contributed by atoms with Gasteiger partial charge in [0, 0.05) is 50.2 Å². The van der Waals surface area contributed by atoms with Crippen molar-refractivity contribution in [1.82, 2.24) is 20.5 Å². The molecule has 1 aromatic heterocycles. The summed E-state index contributed by atoms with van der Waals surface area (Å²) in [6.07, 6.45) is 0. The predicted octanol–water partition coefficient (Wildman–Crippen LogP) is 3.17. The largest absolute Gasteiger partial charge is 0.349 e. The number of piperazine rings is 1. The summed E-state index contributed by atoms with van der Waals surface area (Å²) >= 11 is 13.4. The fraction of sp³-hybridized carbons (Fsp3) is 0.375. The van der Waals surface area contributed by atoms with Crippen molar-refractivity contribution in [2.75, 3.05) is 39.3 Å². The van der Waals surface area contributed by atoms with Gasteiger partial charge in [0.1, 0.15) is 10.7 Å². The Kier molecular flexibility index (Phi) is 7.93. The lowest BCUT2D eigenvalue weighted by molar-refractivity contribution is 0.0943. The molecule has 5 nitrogen and oxygen atoms in total. The van der Waals surface area contributed by atoms with Gasteiger partial charge in [-0.2, -0.15) is 0 Å². The fourth-order valence-corrected chi connectivity index (χ4v) is 3.59. The minimum atomic E-state index is -0.146. The number of benzene rings is 1. The van der Waals surface area contributed by atoms with Crippen LogP contribution in [0.2, 0.25) is 10.0 Å². The van der Waals surface area contributed by atoms with E-state index in [1.807, 2.05) is 6.07 Å². The van der Waals surface area contributed by atoms with Crippen LogP contribution in [0.3, 0.4) is 0 Å². The molecular weight excluding hydrogens is 403 g/mol. The molecular formula is C16H19Cl3N4OS. The summed E-state index contributed by atoms with van der Waals surface area (Å²) in [7, 11) is 0. The Morgan fingerprint density at radius 1 is 1.28 bits per heavy atom. The SMILES string of the molecule is Cl.O=C(NCCN1CCNCC1)c1csc(-c2ccc(Cl)c(Cl)c2)n1. The van der Waals surface area contributed by atoms with Crippen molar-refractivity contribution in [3.8, 4) is 10.6 Å². The van der Waals surface area contributed by atoms with Gasteiger partial charge in [0.25, 0.3) is 5.91 Å². The molecule has 1 fully saturated rings. The van der Waals surface area contributed by atoms with E-state index in [1.165, 1.54) is 11.3 Å². The Labute approximate surface area is 167 Å². The number of hydrogen-bond donors (Lipinski definition) is 2. The predicted molar refractivity (Wildman–Crippen MR) is 106 cm³/mol. The summed E-state index contributed by atoms with van der Waals surface area (Å²) in [5, 5.41) is 9.73. The molecule has 2 heterocycles. The number of halogens is 3. The van der Waals surface area contributed by atoms with Crippen molar-refractivity contribution in [1.29, 1.82) is 0 Å². The molecule has 3 rings (SSSR count). The average molecular weight is 422 g/mol. The number of nitrogens with one attached hydrogen (secondary N) is 2. The number of hydrogen-bond acceptors (Lipinski definition) is 5. The van der Waals surface area contributed by atoms with Crippen molar-refractivity contribution in [2.24, 2.45) is 0 Å². The number of aromatic nitrogens is 1. The van der Waals surface area contributed by atoms with Crippen molar-refractivity contribution in [3.63, 3.8) is 0 Å². The molecule has 136 valence electrons. The van der Waals surface area contributed by atoms with E-state index in [9.17, 15) is 4.79 Å². The van der Waals surface area contributed by atoms with Crippen molar-refractivity contribution < 1.29 is 4.79 Å². The summed E-state index contributed by atoms with van der Waals surface area (Å²) in [4.78, 5) is 18.9. The highest BCUT2D eigenvalue weighted by atomic mass is 35.5. The van der Waals surface area contributed by atoms with Crippen LogP contribution in [-0.4, -0.2) is 55.1 Å². The molecule has 9 heteroatoms. The lowest BCUT2D eigenvalue weighted by Crippen LogP contribution is -2.46. The maximum absolute atomic E-state index is 12.2. The van der Waals surface area contributed by atoms with Crippen molar-refractivity contribution in [2.45, 2.75) is 0 Å². The van der Waals surface area contributed by atoms with E-state index < -0.39 is 0 Å². The van der Waals surface area contributed by atoms with Gasteiger partial charge in [-0.15, -0.1) is 23.7 Å². The molecule has 1 aromatic carbocycles. The summed E-state index contributed by atoms with van der Waals surface area (Å²) in [5.41, 5.74) is 1.29. The fourth-order valence-electron chi connectivity index (χ4n) is 2.49. The zero-order valence-electron chi connectivity index (χ0n) is 13.4. The third kappa shape index (κ3) is 5.54. The molecule has 25 heavy (non-hydrogen) atoms. The van der Waals surface area contributed by atoms with Gasteiger partial charge in [-0.05, 0) is 12.1 Å². The van der Waals surface area contributed by atoms with Crippen LogP contribution in [0, 0.1) is 0 Å². The van der Waals surface area contributed by atoms with Gasteiger partial charge in [0.15, 0.2) is 0 Å². The Balaban J connectivity index is 0.00000225. The molecule has 0 aliphatic carbocycles. The molecule has 1 aliphatic heterocycles. The van der Waals surface area contributed by atoms with Crippen LogP contribution < -0.4 is 10.6 Å². The molecule has 2 N–H and O–H groups in total. The maximum atomic E-state index is 12.2. The number of carbonyl (C=O) groups is 1. The first-order valence-electron chi connectivity index (χ1n) is 7.76. The van der Waals surface area contributed by atoms with E-state index in [2.05, 4.69) is 20.5 Å². The van der Waals surface area contributed by atoms with Crippen LogP contribution >= 0.6 is 46.9 Å². The highest BCUT2D eigenvalue weighted by molar-refractivity contribution is 7.13.